The summed E-state index contributed by atoms with van der Waals surface area (Å²) < 4.78 is 0. The summed E-state index contributed by atoms with van der Waals surface area (Å²) >= 11 is 0. The van der Waals surface area contributed by atoms with E-state index in [-0.39, 0.29) is 0 Å². The van der Waals surface area contributed by atoms with Crippen LogP contribution < -0.4 is 5.32 Å². The molecule has 0 aliphatic heterocycles. The van der Waals surface area contributed by atoms with Crippen molar-refractivity contribution < 1.29 is 25.2 Å². The number of nitrogens with one attached hydrogen (secondary N) is 1. The summed E-state index contributed by atoms with van der Waals surface area (Å²) in [5.74, 6) is -0.598. The largest absolute Gasteiger partial charge is 0.394 e. The van der Waals surface area contributed by atoms with Gasteiger partial charge in [0, 0.05) is 0 Å². The first-order valence-electron chi connectivity index (χ1n) is 30.5. The average Bonchev–Trinajstić information content (AvgIpc) is 3.35. The molecule has 6 heteroatoms. The maximum atomic E-state index is 12.6. The molecule has 0 aromatic carbocycles. The van der Waals surface area contributed by atoms with Crippen LogP contribution in [0.1, 0.15) is 316 Å². The van der Waals surface area contributed by atoms with Gasteiger partial charge < -0.3 is 25.7 Å². The van der Waals surface area contributed by atoms with E-state index in [0.29, 0.717) is 19.3 Å². The van der Waals surface area contributed by atoms with Gasteiger partial charge in [0.2, 0.25) is 5.91 Å². The molecule has 0 saturated carbocycles. The number of aliphatic hydroxyl groups excluding tert-OH is 4. The van der Waals surface area contributed by atoms with Crippen LogP contribution >= 0.6 is 0 Å². The zero-order valence-corrected chi connectivity index (χ0v) is 46.1. The van der Waals surface area contributed by atoms with Gasteiger partial charge in [0.25, 0.3) is 0 Å². The fraction of sp³-hybridized carbons (Fsp3) is 0.857. The molecule has 69 heavy (non-hydrogen) atoms. The lowest BCUT2D eigenvalue weighted by molar-refractivity contribution is -0.132. The average molecular weight is 971 g/mol. The van der Waals surface area contributed by atoms with Gasteiger partial charge in [-0.3, -0.25) is 4.79 Å². The molecule has 0 bridgehead atoms. The molecule has 4 atom stereocenters. The third kappa shape index (κ3) is 51.0. The molecule has 0 heterocycles. The number of carbonyl (C=O) groups is 1. The van der Waals surface area contributed by atoms with Crippen molar-refractivity contribution in [2.45, 2.75) is 340 Å². The van der Waals surface area contributed by atoms with Crippen molar-refractivity contribution in [2.24, 2.45) is 0 Å². The van der Waals surface area contributed by atoms with E-state index >= 15 is 0 Å². The quantitative estimate of drug-likeness (QED) is 0.0308. The molecule has 6 nitrogen and oxygen atoms in total. The second kappa shape index (κ2) is 57.2. The summed E-state index contributed by atoms with van der Waals surface area (Å²) in [6.45, 7) is 4.07. The van der Waals surface area contributed by atoms with Crippen molar-refractivity contribution in [2.75, 3.05) is 6.61 Å². The first kappa shape index (κ1) is 67.3. The number of hydrogen-bond donors (Lipinski definition) is 5. The highest BCUT2D eigenvalue weighted by molar-refractivity contribution is 5.80. The van der Waals surface area contributed by atoms with Crippen LogP contribution in [0, 0.1) is 0 Å². The highest BCUT2D eigenvalue weighted by Gasteiger charge is 2.28. The van der Waals surface area contributed by atoms with Gasteiger partial charge in [-0.15, -0.1) is 0 Å². The molecular formula is C63H119NO5. The van der Waals surface area contributed by atoms with Crippen molar-refractivity contribution in [3.05, 3.63) is 48.6 Å². The summed E-state index contributed by atoms with van der Waals surface area (Å²) in [7, 11) is 0. The normalized spacial score (nSPS) is 14.0. The Morgan fingerprint density at radius 3 is 0.913 bits per heavy atom. The minimum Gasteiger partial charge on any atom is -0.394 e. The van der Waals surface area contributed by atoms with Crippen molar-refractivity contribution >= 4 is 5.91 Å². The molecule has 406 valence electrons. The molecule has 0 radical (unpaired) electrons. The Morgan fingerprint density at radius 2 is 0.609 bits per heavy atom. The number of rotatable bonds is 56. The van der Waals surface area contributed by atoms with Crippen LogP contribution in [-0.2, 0) is 4.79 Å². The Balaban J connectivity index is 3.69. The molecular weight excluding hydrogens is 851 g/mol. The van der Waals surface area contributed by atoms with Crippen LogP contribution in [-0.4, -0.2) is 57.3 Å². The molecule has 0 spiro atoms. The van der Waals surface area contributed by atoms with Crippen LogP contribution in [0.5, 0.6) is 0 Å². The van der Waals surface area contributed by atoms with Crippen LogP contribution in [0.3, 0.4) is 0 Å². The fourth-order valence-electron chi connectivity index (χ4n) is 9.43. The standard InChI is InChI=1S/C63H119NO5/c1-3-5-7-9-11-13-15-17-19-21-23-25-27-29-31-33-34-36-38-40-42-44-46-48-50-52-54-56-60(66)62(68)59(58-65)64-63(69)61(67)57-55-53-51-49-47-45-43-41-39-37-35-32-30-28-26-24-22-20-18-16-14-12-10-8-6-4-2/h30,32-34,40,42,48,50,59-62,65-68H,3-29,31,35-39,41,43-47,49,51-58H2,1-2H3,(H,64,69)/b32-30-,34-33+,42-40+,50-48+. The Hall–Kier alpha value is -1.73. The molecule has 0 fully saturated rings. The number of unbranched alkanes of at least 4 members (excludes halogenated alkanes) is 39. The zero-order valence-electron chi connectivity index (χ0n) is 46.1. The van der Waals surface area contributed by atoms with Gasteiger partial charge in [-0.05, 0) is 89.9 Å². The summed E-state index contributed by atoms with van der Waals surface area (Å²) in [5.41, 5.74) is 0. The zero-order chi connectivity index (χ0) is 50.2. The molecule has 0 aliphatic carbocycles. The third-order valence-electron chi connectivity index (χ3n) is 14.2. The fourth-order valence-corrected chi connectivity index (χ4v) is 9.43. The lowest BCUT2D eigenvalue weighted by Crippen LogP contribution is -2.53. The summed E-state index contributed by atoms with van der Waals surface area (Å²) in [4.78, 5) is 12.6. The second-order valence-electron chi connectivity index (χ2n) is 21.0. The Morgan fingerprint density at radius 1 is 0.348 bits per heavy atom. The van der Waals surface area contributed by atoms with Crippen molar-refractivity contribution in [3.63, 3.8) is 0 Å². The minimum absolute atomic E-state index is 0.357. The molecule has 0 aromatic rings. The van der Waals surface area contributed by atoms with E-state index < -0.39 is 36.9 Å². The molecule has 4 unspecified atom stereocenters. The Bertz CT molecular complexity index is 1130. The van der Waals surface area contributed by atoms with Gasteiger partial charge in [0.1, 0.15) is 12.2 Å². The Kier molecular flexibility index (Phi) is 55.7. The first-order valence-corrected chi connectivity index (χ1v) is 30.5. The first-order chi connectivity index (χ1) is 34.0. The van der Waals surface area contributed by atoms with E-state index in [2.05, 4.69) is 67.8 Å². The van der Waals surface area contributed by atoms with E-state index in [1.165, 1.54) is 231 Å². The number of carbonyl (C=O) groups excluding carboxylic acids is 1. The van der Waals surface area contributed by atoms with E-state index in [4.69, 9.17) is 0 Å². The minimum atomic E-state index is -1.30. The van der Waals surface area contributed by atoms with Crippen LogP contribution in [0.15, 0.2) is 48.6 Å². The van der Waals surface area contributed by atoms with Crippen molar-refractivity contribution in [1.29, 1.82) is 0 Å². The van der Waals surface area contributed by atoms with Crippen LogP contribution in [0.25, 0.3) is 0 Å². The highest BCUT2D eigenvalue weighted by atomic mass is 16.3. The van der Waals surface area contributed by atoms with Gasteiger partial charge in [-0.1, -0.05) is 274 Å². The monoisotopic (exact) mass is 970 g/mol. The van der Waals surface area contributed by atoms with Gasteiger partial charge in [-0.25, -0.2) is 0 Å². The van der Waals surface area contributed by atoms with E-state index in [0.717, 1.165) is 51.4 Å². The lowest BCUT2D eigenvalue weighted by Gasteiger charge is -2.27. The molecule has 1 amide bonds. The smallest absolute Gasteiger partial charge is 0.249 e. The Labute approximate surface area is 429 Å². The van der Waals surface area contributed by atoms with Gasteiger partial charge in [-0.2, -0.15) is 0 Å². The second-order valence-corrected chi connectivity index (χ2v) is 21.0. The van der Waals surface area contributed by atoms with Gasteiger partial charge in [0.15, 0.2) is 0 Å². The number of hydrogen-bond acceptors (Lipinski definition) is 5. The van der Waals surface area contributed by atoms with Crippen LogP contribution in [0.2, 0.25) is 0 Å². The molecule has 0 aromatic heterocycles. The summed E-state index contributed by atoms with van der Waals surface area (Å²) in [5, 5.41) is 44.0. The SMILES string of the molecule is CCCCCCCCCCCCCC/C=C\CCCCCCCCCCCCC(O)C(=O)NC(CO)C(O)C(O)CCC/C=C/CC/C=C/CC/C=C/CCCCCCCCCCCCCCCC. The van der Waals surface area contributed by atoms with Gasteiger partial charge >= 0.3 is 0 Å². The summed E-state index contributed by atoms with van der Waals surface area (Å²) in [6.07, 6.45) is 73.4. The van der Waals surface area contributed by atoms with Gasteiger partial charge in [0.05, 0.1) is 18.8 Å². The topological polar surface area (TPSA) is 110 Å². The predicted octanol–water partition coefficient (Wildman–Crippen LogP) is 18.1. The lowest BCUT2D eigenvalue weighted by atomic mass is 10.00. The number of allylic oxidation sites excluding steroid dienone is 8. The summed E-state index contributed by atoms with van der Waals surface area (Å²) in [6, 6.07) is -1.01. The molecule has 5 N–H and O–H groups in total. The number of aliphatic hydroxyl groups is 4. The maximum absolute atomic E-state index is 12.6. The van der Waals surface area contributed by atoms with E-state index in [1.807, 2.05) is 0 Å². The molecule has 0 aliphatic rings. The third-order valence-corrected chi connectivity index (χ3v) is 14.2. The molecule has 0 saturated heterocycles. The molecule has 0 rings (SSSR count). The van der Waals surface area contributed by atoms with Crippen molar-refractivity contribution in [1.82, 2.24) is 5.32 Å². The van der Waals surface area contributed by atoms with Crippen molar-refractivity contribution in [3.8, 4) is 0 Å². The highest BCUT2D eigenvalue weighted by Crippen LogP contribution is 2.17. The predicted molar refractivity (Wildman–Crippen MR) is 302 cm³/mol. The van der Waals surface area contributed by atoms with E-state index in [1.54, 1.807) is 0 Å². The van der Waals surface area contributed by atoms with E-state index in [9.17, 15) is 25.2 Å². The number of amides is 1. The van der Waals surface area contributed by atoms with Crippen LogP contribution in [0.4, 0.5) is 0 Å². The maximum Gasteiger partial charge on any atom is 0.249 e.